The summed E-state index contributed by atoms with van der Waals surface area (Å²) in [6.45, 7) is 0.571. The number of nitrogens with zero attached hydrogens (tertiary/aromatic N) is 2. The summed E-state index contributed by atoms with van der Waals surface area (Å²) >= 11 is 5.90. The lowest BCUT2D eigenvalue weighted by atomic mass is 10.1. The summed E-state index contributed by atoms with van der Waals surface area (Å²) in [7, 11) is 4.65. The second-order valence-corrected chi connectivity index (χ2v) is 6.89. The minimum absolute atomic E-state index is 0.252. The molecule has 0 aliphatic rings. The van der Waals surface area contributed by atoms with E-state index in [1.165, 1.54) is 0 Å². The molecule has 0 aliphatic carbocycles. The Hall–Kier alpha value is -3.52. The van der Waals surface area contributed by atoms with E-state index in [0.717, 1.165) is 17.5 Å². The van der Waals surface area contributed by atoms with Crippen LogP contribution in [-0.2, 0) is 6.42 Å². The molecule has 2 N–H and O–H groups in total. The number of hydrogen-bond acceptors (Lipinski definition) is 7. The van der Waals surface area contributed by atoms with Crippen LogP contribution in [0.15, 0.2) is 41.2 Å². The van der Waals surface area contributed by atoms with Crippen molar-refractivity contribution in [3.63, 3.8) is 0 Å². The molecule has 0 bridgehead atoms. The van der Waals surface area contributed by atoms with Gasteiger partial charge in [0.05, 0.1) is 21.3 Å². The number of nitrogens with one attached hydrogen (secondary N) is 2. The molecule has 0 amide bonds. The number of aromatic amines is 1. The smallest absolute Gasteiger partial charge is 0.349 e. The Morgan fingerprint density at radius 1 is 1.00 bits per heavy atom. The molecule has 0 spiro atoms. The molecule has 0 radical (unpaired) electrons. The maximum Gasteiger partial charge on any atom is 0.349 e. The third-order valence-corrected chi connectivity index (χ3v) is 4.65. The van der Waals surface area contributed by atoms with Crippen molar-refractivity contribution in [2.45, 2.75) is 6.42 Å². The molecule has 0 fully saturated rings. The van der Waals surface area contributed by atoms with Crippen LogP contribution in [0.4, 0.5) is 5.95 Å². The molecule has 3 aromatic rings. The Morgan fingerprint density at radius 3 is 2.29 bits per heavy atom. The quantitative estimate of drug-likeness (QED) is 0.521. The van der Waals surface area contributed by atoms with E-state index in [1.54, 1.807) is 45.6 Å². The maximum absolute atomic E-state index is 11.9. The average Bonchev–Trinajstić information content (AvgIpc) is 2.78. The van der Waals surface area contributed by atoms with Crippen LogP contribution in [-0.4, -0.2) is 42.8 Å². The van der Waals surface area contributed by atoms with E-state index in [0.29, 0.717) is 34.6 Å². The summed E-state index contributed by atoms with van der Waals surface area (Å²) in [5, 5.41) is 3.77. The van der Waals surface area contributed by atoms with E-state index < -0.39 is 5.69 Å². The monoisotopic (exact) mass is 442 g/mol. The molecule has 1 aromatic heterocycles. The van der Waals surface area contributed by atoms with Gasteiger partial charge in [0.1, 0.15) is 5.82 Å². The molecule has 8 nitrogen and oxygen atoms in total. The molecule has 0 saturated heterocycles. The van der Waals surface area contributed by atoms with E-state index in [2.05, 4.69) is 20.3 Å². The molecular formula is C22H23ClN4O4. The van der Waals surface area contributed by atoms with Crippen LogP contribution in [0.5, 0.6) is 17.2 Å². The van der Waals surface area contributed by atoms with E-state index >= 15 is 0 Å². The van der Waals surface area contributed by atoms with Gasteiger partial charge in [-0.2, -0.15) is 9.97 Å². The van der Waals surface area contributed by atoms with Crippen molar-refractivity contribution in [1.29, 1.82) is 0 Å². The molecule has 1 heterocycles. The lowest BCUT2D eigenvalue weighted by Crippen LogP contribution is -2.18. The number of halogens is 1. The van der Waals surface area contributed by atoms with Crippen molar-refractivity contribution in [3.05, 3.63) is 68.9 Å². The Bertz CT molecular complexity index is 1090. The second kappa shape index (κ2) is 10.5. The van der Waals surface area contributed by atoms with Gasteiger partial charge in [0, 0.05) is 11.6 Å². The van der Waals surface area contributed by atoms with Crippen LogP contribution in [0.3, 0.4) is 0 Å². The number of benzene rings is 2. The summed E-state index contributed by atoms with van der Waals surface area (Å²) in [5.41, 5.74) is 1.41. The Kier molecular flexibility index (Phi) is 7.50. The number of H-pyrrole nitrogens is 1. The highest BCUT2D eigenvalue weighted by atomic mass is 35.5. The minimum atomic E-state index is -0.492. The predicted molar refractivity (Wildman–Crippen MR) is 121 cm³/mol. The maximum atomic E-state index is 11.9. The summed E-state index contributed by atoms with van der Waals surface area (Å²) in [5.74, 6) is 2.18. The molecule has 2 aromatic carbocycles. The lowest BCUT2D eigenvalue weighted by molar-refractivity contribution is 0.324. The number of rotatable bonds is 9. The number of aromatic nitrogens is 3. The predicted octanol–water partition coefficient (Wildman–Crippen LogP) is 3.67. The molecule has 9 heteroatoms. The Morgan fingerprint density at radius 2 is 1.68 bits per heavy atom. The van der Waals surface area contributed by atoms with Crippen LogP contribution < -0.4 is 25.2 Å². The van der Waals surface area contributed by atoms with Crippen LogP contribution in [0.25, 0.3) is 12.2 Å². The molecule has 162 valence electrons. The van der Waals surface area contributed by atoms with Gasteiger partial charge in [-0.1, -0.05) is 29.8 Å². The average molecular weight is 443 g/mol. The number of hydrogen-bond donors (Lipinski definition) is 2. The van der Waals surface area contributed by atoms with Crippen molar-refractivity contribution in [1.82, 2.24) is 15.0 Å². The van der Waals surface area contributed by atoms with Gasteiger partial charge < -0.3 is 19.5 Å². The fourth-order valence-corrected chi connectivity index (χ4v) is 3.03. The minimum Gasteiger partial charge on any atom is -0.493 e. The number of anilines is 1. The van der Waals surface area contributed by atoms with Gasteiger partial charge in [0.25, 0.3) is 0 Å². The van der Waals surface area contributed by atoms with Crippen molar-refractivity contribution in [2.24, 2.45) is 0 Å². The van der Waals surface area contributed by atoms with Crippen molar-refractivity contribution in [2.75, 3.05) is 33.2 Å². The van der Waals surface area contributed by atoms with Crippen molar-refractivity contribution < 1.29 is 14.2 Å². The second-order valence-electron chi connectivity index (χ2n) is 6.46. The summed E-state index contributed by atoms with van der Waals surface area (Å²) in [4.78, 5) is 22.7. The molecule has 3 rings (SSSR count). The Balaban J connectivity index is 1.73. The Labute approximate surface area is 184 Å². The van der Waals surface area contributed by atoms with E-state index in [1.807, 2.05) is 24.3 Å². The van der Waals surface area contributed by atoms with Crippen LogP contribution in [0, 0.1) is 0 Å². The zero-order valence-electron chi connectivity index (χ0n) is 17.4. The standard InChI is InChI=1S/C22H23ClN4O4/c1-29-17-12-15(13-18(30-2)20(17)31-3)6-9-19-25-21(27-22(28)26-19)24-11-10-14-4-7-16(23)8-5-14/h4-9,12-13H,10-11H2,1-3H3,(H2,24,25,26,27,28)/b9-6+. The highest BCUT2D eigenvalue weighted by Crippen LogP contribution is 2.38. The fraction of sp³-hybridized carbons (Fsp3) is 0.227. The molecule has 0 unspecified atom stereocenters. The number of methoxy groups -OCH3 is 3. The first-order valence-electron chi connectivity index (χ1n) is 9.47. The molecular weight excluding hydrogens is 420 g/mol. The first kappa shape index (κ1) is 22.2. The molecule has 0 saturated carbocycles. The third kappa shape index (κ3) is 5.99. The van der Waals surface area contributed by atoms with Crippen molar-refractivity contribution >= 4 is 29.7 Å². The van der Waals surface area contributed by atoms with Gasteiger partial charge in [-0.05, 0) is 47.9 Å². The fourth-order valence-electron chi connectivity index (χ4n) is 2.90. The van der Waals surface area contributed by atoms with Gasteiger partial charge in [-0.15, -0.1) is 0 Å². The first-order chi connectivity index (χ1) is 15.0. The lowest BCUT2D eigenvalue weighted by Gasteiger charge is -2.12. The van der Waals surface area contributed by atoms with Gasteiger partial charge in [-0.3, -0.25) is 4.98 Å². The first-order valence-corrected chi connectivity index (χ1v) is 9.85. The van der Waals surface area contributed by atoms with Gasteiger partial charge in [0.15, 0.2) is 11.5 Å². The molecule has 31 heavy (non-hydrogen) atoms. The van der Waals surface area contributed by atoms with E-state index in [4.69, 9.17) is 25.8 Å². The van der Waals surface area contributed by atoms with Gasteiger partial charge in [-0.25, -0.2) is 4.79 Å². The molecule has 0 atom stereocenters. The highest BCUT2D eigenvalue weighted by molar-refractivity contribution is 6.30. The zero-order chi connectivity index (χ0) is 22.2. The van der Waals surface area contributed by atoms with E-state index in [-0.39, 0.29) is 5.95 Å². The topological polar surface area (TPSA) is 98.4 Å². The normalized spacial score (nSPS) is 10.8. The summed E-state index contributed by atoms with van der Waals surface area (Å²) in [6, 6.07) is 11.2. The van der Waals surface area contributed by atoms with Crippen LogP contribution >= 0.6 is 11.6 Å². The van der Waals surface area contributed by atoms with Crippen molar-refractivity contribution in [3.8, 4) is 17.2 Å². The molecule has 0 aliphatic heterocycles. The summed E-state index contributed by atoms with van der Waals surface area (Å²) < 4.78 is 16.0. The van der Waals surface area contributed by atoms with Gasteiger partial charge >= 0.3 is 5.69 Å². The highest BCUT2D eigenvalue weighted by Gasteiger charge is 2.12. The SMILES string of the molecule is COc1cc(/C=C/c2nc(NCCc3ccc(Cl)cc3)nc(=O)[nH]2)cc(OC)c1OC. The van der Waals surface area contributed by atoms with Crippen LogP contribution in [0.1, 0.15) is 17.0 Å². The van der Waals surface area contributed by atoms with Crippen LogP contribution in [0.2, 0.25) is 5.02 Å². The van der Waals surface area contributed by atoms with Gasteiger partial charge in [0.2, 0.25) is 11.7 Å². The van der Waals surface area contributed by atoms with E-state index in [9.17, 15) is 4.79 Å². The number of ether oxygens (including phenoxy) is 3. The zero-order valence-corrected chi connectivity index (χ0v) is 18.2. The summed E-state index contributed by atoms with van der Waals surface area (Å²) in [6.07, 6.45) is 4.19. The largest absolute Gasteiger partial charge is 0.493 e. The third-order valence-electron chi connectivity index (χ3n) is 4.40.